The van der Waals surface area contributed by atoms with Gasteiger partial charge in [-0.1, -0.05) is 0 Å². The smallest absolute Gasteiger partial charge is 0.157 e. The minimum atomic E-state index is 0.0976. The molecule has 0 saturated carbocycles. The molecule has 2 aliphatic rings. The van der Waals surface area contributed by atoms with Gasteiger partial charge in [-0.05, 0) is 50.0 Å². The third-order valence-corrected chi connectivity index (χ3v) is 6.00. The molecule has 0 aromatic rings. The number of ether oxygens (including phenoxy) is 2. The Morgan fingerprint density at radius 1 is 1.12 bits per heavy atom. The Morgan fingerprint density at radius 2 is 2.00 bits per heavy atom. The lowest BCUT2D eigenvalue weighted by molar-refractivity contribution is -0.162. The lowest BCUT2D eigenvalue weighted by Gasteiger charge is -2.24. The summed E-state index contributed by atoms with van der Waals surface area (Å²) in [5.74, 6) is 2.70. The van der Waals surface area contributed by atoms with E-state index in [1.165, 1.54) is 43.6 Å². The Bertz CT molecular complexity index is 158. The quantitative estimate of drug-likeness (QED) is 0.706. The highest BCUT2D eigenvalue weighted by Crippen LogP contribution is 2.33. The molecule has 2 rings (SSSR count). The van der Waals surface area contributed by atoms with Gasteiger partial charge in [0, 0.05) is 13.2 Å². The number of hydrogen-bond donors (Lipinski definition) is 0. The molecular weight excluding hydrogens is 240 g/mol. The van der Waals surface area contributed by atoms with Crippen LogP contribution in [0, 0.1) is 0 Å². The van der Waals surface area contributed by atoms with E-state index < -0.39 is 0 Å². The van der Waals surface area contributed by atoms with Crippen LogP contribution in [0.5, 0.6) is 0 Å². The zero-order chi connectivity index (χ0) is 11.1. The van der Waals surface area contributed by atoms with E-state index in [9.17, 15) is 0 Å². The summed E-state index contributed by atoms with van der Waals surface area (Å²) in [4.78, 5) is 0. The minimum absolute atomic E-state index is 0.0976. The molecule has 2 saturated heterocycles. The van der Waals surface area contributed by atoms with Gasteiger partial charge in [-0.2, -0.15) is 0 Å². The van der Waals surface area contributed by atoms with Crippen molar-refractivity contribution >= 4 is 23.5 Å². The maximum absolute atomic E-state index is 5.73. The second-order valence-electron chi connectivity index (χ2n) is 4.33. The van der Waals surface area contributed by atoms with E-state index >= 15 is 0 Å². The molecule has 16 heavy (non-hydrogen) atoms. The van der Waals surface area contributed by atoms with Gasteiger partial charge in [0.1, 0.15) is 0 Å². The summed E-state index contributed by atoms with van der Waals surface area (Å²) in [6.07, 6.45) is 7.52. The second kappa shape index (κ2) is 7.85. The van der Waals surface area contributed by atoms with Gasteiger partial charge in [0.2, 0.25) is 0 Å². The first-order valence-corrected chi connectivity index (χ1v) is 8.51. The highest BCUT2D eigenvalue weighted by Gasteiger charge is 2.16. The summed E-state index contributed by atoms with van der Waals surface area (Å²) in [5, 5.41) is 0. The van der Waals surface area contributed by atoms with Gasteiger partial charge in [0.15, 0.2) is 6.29 Å². The number of thioether (sulfide) groups is 2. The average Bonchev–Trinajstić information content (AvgIpc) is 2.37. The maximum Gasteiger partial charge on any atom is 0.157 e. The Kier molecular flexibility index (Phi) is 6.41. The molecule has 0 spiro atoms. The van der Waals surface area contributed by atoms with E-state index in [4.69, 9.17) is 9.47 Å². The van der Waals surface area contributed by atoms with Crippen molar-refractivity contribution in [2.45, 2.75) is 49.4 Å². The number of hydrogen-bond acceptors (Lipinski definition) is 4. The molecule has 2 aliphatic heterocycles. The van der Waals surface area contributed by atoms with E-state index in [1.54, 1.807) is 0 Å². The van der Waals surface area contributed by atoms with Crippen molar-refractivity contribution < 1.29 is 9.47 Å². The molecule has 94 valence electrons. The predicted octanol–water partition coefficient (Wildman–Crippen LogP) is 3.51. The summed E-state index contributed by atoms with van der Waals surface area (Å²) in [6.45, 7) is 1.77. The Balaban J connectivity index is 1.47. The Labute approximate surface area is 107 Å². The zero-order valence-electron chi connectivity index (χ0n) is 9.86. The molecule has 0 aliphatic carbocycles. The molecule has 2 fully saturated rings. The normalized spacial score (nSPS) is 28.1. The molecule has 2 nitrogen and oxygen atoms in total. The van der Waals surface area contributed by atoms with Gasteiger partial charge in [-0.3, -0.25) is 0 Å². The van der Waals surface area contributed by atoms with E-state index in [0.29, 0.717) is 0 Å². The monoisotopic (exact) mass is 262 g/mol. The average molecular weight is 262 g/mol. The first kappa shape index (κ1) is 13.1. The van der Waals surface area contributed by atoms with Crippen LogP contribution in [0.3, 0.4) is 0 Å². The molecule has 2 heterocycles. The van der Waals surface area contributed by atoms with Crippen molar-refractivity contribution in [1.82, 2.24) is 0 Å². The molecule has 1 atom stereocenters. The van der Waals surface area contributed by atoms with Crippen molar-refractivity contribution in [3.8, 4) is 0 Å². The highest BCUT2D eigenvalue weighted by atomic mass is 32.2. The first-order valence-electron chi connectivity index (χ1n) is 6.41. The highest BCUT2D eigenvalue weighted by molar-refractivity contribution is 8.17. The lowest BCUT2D eigenvalue weighted by atomic mass is 10.2. The first-order chi connectivity index (χ1) is 7.95. The van der Waals surface area contributed by atoms with Crippen LogP contribution in [0.4, 0.5) is 0 Å². The van der Waals surface area contributed by atoms with Crippen LogP contribution in [-0.2, 0) is 9.47 Å². The van der Waals surface area contributed by atoms with Crippen LogP contribution < -0.4 is 0 Å². The minimum Gasteiger partial charge on any atom is -0.353 e. The molecule has 0 radical (unpaired) electrons. The van der Waals surface area contributed by atoms with E-state index in [0.717, 1.165) is 24.2 Å². The van der Waals surface area contributed by atoms with Gasteiger partial charge < -0.3 is 9.47 Å². The van der Waals surface area contributed by atoms with Crippen molar-refractivity contribution in [2.75, 3.05) is 24.7 Å². The number of rotatable bonds is 5. The van der Waals surface area contributed by atoms with Crippen molar-refractivity contribution in [1.29, 1.82) is 0 Å². The van der Waals surface area contributed by atoms with E-state index in [1.807, 2.05) is 0 Å². The summed E-state index contributed by atoms with van der Waals surface area (Å²) < 4.78 is 12.1. The molecule has 0 aromatic heterocycles. The topological polar surface area (TPSA) is 18.5 Å². The van der Waals surface area contributed by atoms with Crippen molar-refractivity contribution in [3.05, 3.63) is 0 Å². The van der Waals surface area contributed by atoms with Gasteiger partial charge in [0.25, 0.3) is 0 Å². The third kappa shape index (κ3) is 4.86. The third-order valence-electron chi connectivity index (χ3n) is 2.92. The lowest BCUT2D eigenvalue weighted by Crippen LogP contribution is -2.22. The summed E-state index contributed by atoms with van der Waals surface area (Å²) in [7, 11) is 0. The van der Waals surface area contributed by atoms with Crippen LogP contribution in [0.15, 0.2) is 0 Å². The Hall–Kier alpha value is 0.620. The van der Waals surface area contributed by atoms with Crippen molar-refractivity contribution in [3.63, 3.8) is 0 Å². The molecule has 0 bridgehead atoms. The van der Waals surface area contributed by atoms with E-state index in [2.05, 4.69) is 23.5 Å². The molecule has 1 unspecified atom stereocenters. The van der Waals surface area contributed by atoms with Gasteiger partial charge in [-0.25, -0.2) is 0 Å². The fraction of sp³-hybridized carbons (Fsp3) is 1.00. The summed E-state index contributed by atoms with van der Waals surface area (Å²) in [6, 6.07) is 0. The predicted molar refractivity (Wildman–Crippen MR) is 72.1 cm³/mol. The zero-order valence-corrected chi connectivity index (χ0v) is 11.5. The largest absolute Gasteiger partial charge is 0.353 e. The molecule has 0 amide bonds. The molecule has 4 heteroatoms. The van der Waals surface area contributed by atoms with Crippen LogP contribution in [-0.4, -0.2) is 35.6 Å². The Morgan fingerprint density at radius 3 is 2.75 bits per heavy atom. The maximum atomic E-state index is 5.73. The molecular formula is C12H22O2S2. The van der Waals surface area contributed by atoms with Crippen LogP contribution >= 0.6 is 23.5 Å². The molecule has 0 N–H and O–H groups in total. The van der Waals surface area contributed by atoms with Crippen LogP contribution in [0.2, 0.25) is 0 Å². The van der Waals surface area contributed by atoms with Crippen molar-refractivity contribution in [2.24, 2.45) is 0 Å². The van der Waals surface area contributed by atoms with Crippen LogP contribution in [0.1, 0.15) is 38.5 Å². The second-order valence-corrected chi connectivity index (χ2v) is 7.25. The fourth-order valence-electron chi connectivity index (χ4n) is 2.01. The van der Waals surface area contributed by atoms with Crippen LogP contribution in [0.25, 0.3) is 0 Å². The molecule has 0 aromatic carbocycles. The fourth-order valence-corrected chi connectivity index (χ4v) is 4.97. The van der Waals surface area contributed by atoms with Gasteiger partial charge in [0.05, 0.1) is 4.58 Å². The summed E-state index contributed by atoms with van der Waals surface area (Å²) >= 11 is 4.25. The SMILES string of the molecule is C1CCC(OCCCC2SCCCS2)OC1. The standard InChI is InChI=1S/C12H22O2S2/c1-2-7-13-11(5-1)14-8-3-6-12-15-9-4-10-16-12/h11-12H,1-10H2. The van der Waals surface area contributed by atoms with Gasteiger partial charge >= 0.3 is 0 Å². The van der Waals surface area contributed by atoms with Gasteiger partial charge in [-0.15, -0.1) is 23.5 Å². The van der Waals surface area contributed by atoms with E-state index in [-0.39, 0.29) is 6.29 Å². The summed E-state index contributed by atoms with van der Waals surface area (Å²) in [5.41, 5.74) is 0.